The van der Waals surface area contributed by atoms with Crippen molar-refractivity contribution in [3.63, 3.8) is 0 Å². The van der Waals surface area contributed by atoms with Gasteiger partial charge in [-0.05, 0) is 31.5 Å². The lowest BCUT2D eigenvalue weighted by Crippen LogP contribution is -2.39. The fourth-order valence-electron chi connectivity index (χ4n) is 3.34. The predicted molar refractivity (Wildman–Crippen MR) is 92.9 cm³/mol. The fraction of sp³-hybridized carbons (Fsp3) is 0.471. The van der Waals surface area contributed by atoms with Crippen LogP contribution < -0.4 is 15.4 Å². The van der Waals surface area contributed by atoms with Gasteiger partial charge >= 0.3 is 0 Å². The van der Waals surface area contributed by atoms with Crippen molar-refractivity contribution in [2.24, 2.45) is 5.92 Å². The first kappa shape index (κ1) is 17.7. The summed E-state index contributed by atoms with van der Waals surface area (Å²) in [5.74, 6) is 0.129. The molecule has 0 spiro atoms. The predicted octanol–water partition coefficient (Wildman–Crippen LogP) is 1.76. The average Bonchev–Trinajstić information content (AvgIpc) is 3.22. The minimum Gasteiger partial charge on any atom is -0.489 e. The fourth-order valence-corrected chi connectivity index (χ4v) is 3.34. The average molecular weight is 366 g/mol. The van der Waals surface area contributed by atoms with Crippen LogP contribution in [0.1, 0.15) is 30.9 Å². The molecule has 0 aliphatic carbocycles. The van der Waals surface area contributed by atoms with Gasteiger partial charge in [-0.15, -0.1) is 12.4 Å². The Morgan fingerprint density at radius 1 is 1.28 bits per heavy atom. The van der Waals surface area contributed by atoms with Crippen LogP contribution in [0.2, 0.25) is 0 Å². The molecule has 2 amide bonds. The van der Waals surface area contributed by atoms with Crippen LogP contribution in [-0.4, -0.2) is 36.7 Å². The zero-order valence-corrected chi connectivity index (χ0v) is 14.4. The first-order valence-corrected chi connectivity index (χ1v) is 8.28. The molecule has 2 atom stereocenters. The summed E-state index contributed by atoms with van der Waals surface area (Å²) >= 11 is 0. The standard InChI is InChI=1S/C17H19N3O4.ClH/c21-14-5-4-12(17(22)19-14)15-11-2-1-3-13(16(11)24-20-15)23-9-10-6-7-18-8-10;/h1-3,10,12,18H,4-9H2,(H,19,21,22);1H/t10-,12?;/m1./s1. The van der Waals surface area contributed by atoms with Gasteiger partial charge in [-0.1, -0.05) is 11.2 Å². The third kappa shape index (κ3) is 3.48. The summed E-state index contributed by atoms with van der Waals surface area (Å²) in [6.07, 6.45) is 1.87. The maximum Gasteiger partial charge on any atom is 0.235 e. The van der Waals surface area contributed by atoms with Crippen molar-refractivity contribution in [1.29, 1.82) is 0 Å². The maximum atomic E-state index is 12.1. The molecule has 2 fully saturated rings. The number of benzene rings is 1. The summed E-state index contributed by atoms with van der Waals surface area (Å²) in [5, 5.41) is 10.5. The lowest BCUT2D eigenvalue weighted by molar-refractivity contribution is -0.134. The Bertz CT molecular complexity index is 785. The van der Waals surface area contributed by atoms with Crippen molar-refractivity contribution >= 4 is 35.2 Å². The molecule has 8 heteroatoms. The van der Waals surface area contributed by atoms with Crippen molar-refractivity contribution in [3.8, 4) is 5.75 Å². The summed E-state index contributed by atoms with van der Waals surface area (Å²) in [5.41, 5.74) is 1.13. The topological polar surface area (TPSA) is 93.5 Å². The summed E-state index contributed by atoms with van der Waals surface area (Å²) in [6, 6.07) is 5.59. The van der Waals surface area contributed by atoms with Gasteiger partial charge in [0.1, 0.15) is 5.69 Å². The van der Waals surface area contributed by atoms with E-state index in [1.807, 2.05) is 18.2 Å². The highest BCUT2D eigenvalue weighted by atomic mass is 35.5. The highest BCUT2D eigenvalue weighted by molar-refractivity contribution is 6.02. The summed E-state index contributed by atoms with van der Waals surface area (Å²) in [6.45, 7) is 2.62. The van der Waals surface area contributed by atoms with Crippen molar-refractivity contribution in [3.05, 3.63) is 23.9 Å². The van der Waals surface area contributed by atoms with Gasteiger partial charge in [-0.25, -0.2) is 0 Å². The first-order chi connectivity index (χ1) is 11.7. The van der Waals surface area contributed by atoms with Crippen LogP contribution in [0.5, 0.6) is 5.75 Å². The second-order valence-electron chi connectivity index (χ2n) is 6.37. The minimum absolute atomic E-state index is 0. The summed E-state index contributed by atoms with van der Waals surface area (Å²) in [4.78, 5) is 23.4. The van der Waals surface area contributed by atoms with E-state index in [-0.39, 0.29) is 24.2 Å². The second-order valence-corrected chi connectivity index (χ2v) is 6.37. The molecule has 0 saturated carbocycles. The number of rotatable bonds is 4. The normalized spacial score (nSPS) is 23.4. The van der Waals surface area contributed by atoms with E-state index in [2.05, 4.69) is 15.8 Å². The number of aromatic nitrogens is 1. The molecule has 0 bridgehead atoms. The second kappa shape index (κ2) is 7.41. The van der Waals surface area contributed by atoms with Crippen LogP contribution in [0.4, 0.5) is 0 Å². The van der Waals surface area contributed by atoms with Gasteiger partial charge in [-0.2, -0.15) is 0 Å². The number of hydrogen-bond donors (Lipinski definition) is 2. The number of piperidine rings is 1. The van der Waals surface area contributed by atoms with Crippen molar-refractivity contribution < 1.29 is 18.8 Å². The number of para-hydroxylation sites is 1. The molecule has 1 aromatic carbocycles. The number of halogens is 1. The smallest absolute Gasteiger partial charge is 0.235 e. The van der Waals surface area contributed by atoms with Gasteiger partial charge in [-0.3, -0.25) is 14.9 Å². The van der Waals surface area contributed by atoms with E-state index in [9.17, 15) is 9.59 Å². The van der Waals surface area contributed by atoms with Crippen molar-refractivity contribution in [1.82, 2.24) is 15.8 Å². The molecule has 25 heavy (non-hydrogen) atoms. The molecular formula is C17H20ClN3O4. The van der Waals surface area contributed by atoms with Gasteiger partial charge in [0.25, 0.3) is 0 Å². The molecule has 0 radical (unpaired) electrons. The molecule has 2 aliphatic heterocycles. The number of carbonyl (C=O) groups is 2. The van der Waals surface area contributed by atoms with E-state index < -0.39 is 5.92 Å². The summed E-state index contributed by atoms with van der Waals surface area (Å²) < 4.78 is 11.4. The number of nitrogens with one attached hydrogen (secondary N) is 2. The third-order valence-electron chi connectivity index (χ3n) is 4.70. The number of ether oxygens (including phenoxy) is 1. The number of fused-ring (bicyclic) bond motifs is 1. The van der Waals surface area contributed by atoms with Crippen LogP contribution in [0, 0.1) is 5.92 Å². The monoisotopic (exact) mass is 365 g/mol. The van der Waals surface area contributed by atoms with Gasteiger partial charge in [0, 0.05) is 24.3 Å². The van der Waals surface area contributed by atoms with E-state index in [4.69, 9.17) is 9.26 Å². The lowest BCUT2D eigenvalue weighted by Gasteiger charge is -2.18. The third-order valence-corrected chi connectivity index (χ3v) is 4.70. The largest absolute Gasteiger partial charge is 0.489 e. The Kier molecular flexibility index (Phi) is 5.24. The number of nitrogens with zero attached hydrogens (tertiary/aromatic N) is 1. The van der Waals surface area contributed by atoms with E-state index in [0.29, 0.717) is 42.4 Å². The Morgan fingerprint density at radius 3 is 2.92 bits per heavy atom. The highest BCUT2D eigenvalue weighted by Gasteiger charge is 2.32. The number of carbonyl (C=O) groups excluding carboxylic acids is 2. The molecule has 134 valence electrons. The van der Waals surface area contributed by atoms with Crippen molar-refractivity contribution in [2.45, 2.75) is 25.2 Å². The van der Waals surface area contributed by atoms with Crippen LogP contribution in [-0.2, 0) is 9.59 Å². The van der Waals surface area contributed by atoms with Gasteiger partial charge in [0.05, 0.1) is 12.5 Å². The molecule has 7 nitrogen and oxygen atoms in total. The molecule has 4 rings (SSSR count). The zero-order valence-electron chi connectivity index (χ0n) is 13.6. The van der Waals surface area contributed by atoms with E-state index in [1.54, 1.807) is 0 Å². The Labute approximate surface area is 150 Å². The van der Waals surface area contributed by atoms with Gasteiger partial charge in [0.2, 0.25) is 17.4 Å². The quantitative estimate of drug-likeness (QED) is 0.802. The molecule has 1 aromatic heterocycles. The number of hydrogen-bond acceptors (Lipinski definition) is 6. The van der Waals surface area contributed by atoms with E-state index in [0.717, 1.165) is 24.9 Å². The molecule has 3 heterocycles. The molecule has 2 aliphatic rings. The Morgan fingerprint density at radius 2 is 2.16 bits per heavy atom. The Hall–Kier alpha value is -2.12. The van der Waals surface area contributed by atoms with Gasteiger partial charge in [0.15, 0.2) is 5.75 Å². The molecule has 2 aromatic rings. The summed E-state index contributed by atoms with van der Waals surface area (Å²) in [7, 11) is 0. The van der Waals surface area contributed by atoms with Crippen LogP contribution >= 0.6 is 12.4 Å². The van der Waals surface area contributed by atoms with Crippen molar-refractivity contribution in [2.75, 3.05) is 19.7 Å². The number of amides is 2. The van der Waals surface area contributed by atoms with Crippen LogP contribution in [0.15, 0.2) is 22.7 Å². The molecular weight excluding hydrogens is 346 g/mol. The Balaban J connectivity index is 0.00000182. The minimum atomic E-state index is -0.460. The van der Waals surface area contributed by atoms with Crippen LogP contribution in [0.3, 0.4) is 0 Å². The van der Waals surface area contributed by atoms with E-state index >= 15 is 0 Å². The maximum absolute atomic E-state index is 12.1. The first-order valence-electron chi connectivity index (χ1n) is 8.28. The zero-order chi connectivity index (χ0) is 16.5. The van der Waals surface area contributed by atoms with Crippen LogP contribution in [0.25, 0.3) is 11.0 Å². The van der Waals surface area contributed by atoms with Gasteiger partial charge < -0.3 is 14.6 Å². The lowest BCUT2D eigenvalue weighted by atomic mass is 9.93. The molecule has 2 N–H and O–H groups in total. The molecule has 2 saturated heterocycles. The highest BCUT2D eigenvalue weighted by Crippen LogP contribution is 2.34. The molecule has 1 unspecified atom stereocenters. The van der Waals surface area contributed by atoms with E-state index in [1.165, 1.54) is 0 Å². The SMILES string of the molecule is Cl.O=C1CCC(c2noc3c(OC[C@@H]4CCNC4)cccc23)C(=O)N1. The number of imide groups is 1.